The second-order valence-corrected chi connectivity index (χ2v) is 9.63. The van der Waals surface area contributed by atoms with Gasteiger partial charge in [-0.2, -0.15) is 4.31 Å². The first kappa shape index (κ1) is 21.8. The zero-order valence-electron chi connectivity index (χ0n) is 16.6. The predicted octanol–water partition coefficient (Wildman–Crippen LogP) is 3.26. The van der Waals surface area contributed by atoms with Crippen LogP contribution in [-0.2, 0) is 32.6 Å². The van der Waals surface area contributed by atoms with Gasteiger partial charge in [-0.1, -0.05) is 12.1 Å². The molecule has 3 rings (SSSR count). The lowest BCUT2D eigenvalue weighted by atomic mass is 10.1. The number of fused-ring (bicyclic) bond motifs is 1. The average molecular weight is 426 g/mol. The predicted molar refractivity (Wildman–Crippen MR) is 102 cm³/mol. The van der Waals surface area contributed by atoms with Gasteiger partial charge in [-0.3, -0.25) is 4.98 Å². The minimum absolute atomic E-state index is 0.00138. The molecule has 0 radical (unpaired) electrons. The number of rotatable bonds is 4. The molecule has 0 bridgehead atoms. The van der Waals surface area contributed by atoms with Gasteiger partial charge >= 0.3 is 0 Å². The maximum absolute atomic E-state index is 14.4. The molecule has 0 saturated heterocycles. The van der Waals surface area contributed by atoms with E-state index in [0.29, 0.717) is 11.3 Å². The van der Waals surface area contributed by atoms with Crippen LogP contribution in [0.2, 0.25) is 0 Å². The second-order valence-electron chi connectivity index (χ2n) is 7.80. The molecule has 0 amide bonds. The highest BCUT2D eigenvalue weighted by Gasteiger charge is 2.38. The van der Waals surface area contributed by atoms with Crippen LogP contribution in [0.5, 0.6) is 0 Å². The molecule has 1 aromatic heterocycles. The zero-order valence-corrected chi connectivity index (χ0v) is 17.4. The van der Waals surface area contributed by atoms with Gasteiger partial charge in [-0.05, 0) is 44.5 Å². The Kier molecular flexibility index (Phi) is 6.33. The highest BCUT2D eigenvalue weighted by atomic mass is 32.2. The van der Waals surface area contributed by atoms with Crippen LogP contribution >= 0.6 is 0 Å². The summed E-state index contributed by atoms with van der Waals surface area (Å²) in [4.78, 5) is 3.25. The van der Waals surface area contributed by atoms with E-state index in [1.54, 1.807) is 18.3 Å². The van der Waals surface area contributed by atoms with E-state index in [0.717, 1.165) is 22.5 Å². The maximum atomic E-state index is 14.4. The molecule has 0 fully saturated rings. The number of hydrogen-bond donors (Lipinski definition) is 0. The molecule has 9 heteroatoms. The summed E-state index contributed by atoms with van der Waals surface area (Å²) < 4.78 is 67.9. The molecular formula is C20H24F2N2O4S. The lowest BCUT2D eigenvalue weighted by Crippen LogP contribution is -2.47. The van der Waals surface area contributed by atoms with Crippen molar-refractivity contribution in [1.82, 2.24) is 9.29 Å². The molecule has 2 aromatic rings. The van der Waals surface area contributed by atoms with E-state index >= 15 is 0 Å². The molecule has 1 aliphatic rings. The summed E-state index contributed by atoms with van der Waals surface area (Å²) in [5.74, 6) is -2.29. The number of aromatic nitrogens is 1. The summed E-state index contributed by atoms with van der Waals surface area (Å²) >= 11 is 0. The number of sulfonamides is 1. The zero-order chi connectivity index (χ0) is 21.2. The van der Waals surface area contributed by atoms with Crippen molar-refractivity contribution in [2.45, 2.75) is 50.5 Å². The van der Waals surface area contributed by atoms with Gasteiger partial charge in [-0.25, -0.2) is 17.2 Å². The fraction of sp³-hybridized carbons (Fsp3) is 0.450. The number of halogens is 2. The third kappa shape index (κ3) is 4.98. The van der Waals surface area contributed by atoms with Crippen molar-refractivity contribution in [3.8, 4) is 0 Å². The van der Waals surface area contributed by atoms with Crippen molar-refractivity contribution in [1.29, 1.82) is 0 Å². The Morgan fingerprint density at radius 2 is 1.90 bits per heavy atom. The van der Waals surface area contributed by atoms with E-state index in [2.05, 4.69) is 4.98 Å². The molecule has 0 saturated carbocycles. The minimum atomic E-state index is -4.53. The van der Waals surface area contributed by atoms with Gasteiger partial charge in [0.15, 0.2) is 4.90 Å². The monoisotopic (exact) mass is 426 g/mol. The van der Waals surface area contributed by atoms with Crippen LogP contribution in [-0.4, -0.2) is 42.6 Å². The Morgan fingerprint density at radius 3 is 2.55 bits per heavy atom. The van der Waals surface area contributed by atoms with Gasteiger partial charge in [0.25, 0.3) is 0 Å². The molecular weight excluding hydrogens is 402 g/mol. The van der Waals surface area contributed by atoms with Crippen molar-refractivity contribution >= 4 is 10.0 Å². The largest absolute Gasteiger partial charge is 0.374 e. The molecule has 1 aliphatic heterocycles. The van der Waals surface area contributed by atoms with Gasteiger partial charge in [0, 0.05) is 12.7 Å². The van der Waals surface area contributed by atoms with Crippen LogP contribution in [0.25, 0.3) is 0 Å². The van der Waals surface area contributed by atoms with Crippen LogP contribution < -0.4 is 0 Å². The molecule has 0 spiro atoms. The number of ether oxygens (including phenoxy) is 2. The first-order chi connectivity index (χ1) is 13.6. The molecule has 6 nitrogen and oxygen atoms in total. The first-order valence-electron chi connectivity index (χ1n) is 9.20. The summed E-state index contributed by atoms with van der Waals surface area (Å²) in [6.45, 7) is 5.64. The van der Waals surface area contributed by atoms with E-state index in [9.17, 15) is 17.2 Å². The number of hydrogen-bond acceptors (Lipinski definition) is 5. The Balaban J connectivity index is 2.07. The molecule has 2 heterocycles. The molecule has 158 valence electrons. The number of nitrogens with zero attached hydrogens (tertiary/aromatic N) is 2. The Morgan fingerprint density at radius 1 is 1.21 bits per heavy atom. The fourth-order valence-electron chi connectivity index (χ4n) is 3.02. The summed E-state index contributed by atoms with van der Waals surface area (Å²) in [5.41, 5.74) is 0.658. The molecule has 0 N–H and O–H groups in total. The van der Waals surface area contributed by atoms with Crippen molar-refractivity contribution in [3.63, 3.8) is 0 Å². The van der Waals surface area contributed by atoms with Gasteiger partial charge < -0.3 is 9.47 Å². The summed E-state index contributed by atoms with van der Waals surface area (Å²) in [6.07, 6.45) is 1.58. The summed E-state index contributed by atoms with van der Waals surface area (Å²) in [5, 5.41) is 0. The third-order valence-corrected chi connectivity index (χ3v) is 6.41. The second kappa shape index (κ2) is 8.43. The van der Waals surface area contributed by atoms with E-state index in [1.807, 2.05) is 20.8 Å². The van der Waals surface area contributed by atoms with E-state index < -0.39 is 38.2 Å². The normalized spacial score (nSPS) is 18.7. The third-order valence-electron chi connectivity index (χ3n) is 4.46. The summed E-state index contributed by atoms with van der Waals surface area (Å²) in [7, 11) is -4.53. The molecule has 0 aliphatic carbocycles. The van der Waals surface area contributed by atoms with Crippen molar-refractivity contribution in [2.24, 2.45) is 0 Å². The van der Waals surface area contributed by atoms with Gasteiger partial charge in [0.1, 0.15) is 11.6 Å². The van der Waals surface area contributed by atoms with Crippen molar-refractivity contribution < 1.29 is 26.7 Å². The topological polar surface area (TPSA) is 68.7 Å². The van der Waals surface area contributed by atoms with Gasteiger partial charge in [-0.15, -0.1) is 0 Å². The van der Waals surface area contributed by atoms with Gasteiger partial charge in [0.2, 0.25) is 10.0 Å². The van der Waals surface area contributed by atoms with E-state index in [1.165, 1.54) is 0 Å². The standard InChI is InChI=1S/C20H24F2N2O4S/c1-20(2,3)28-12-15-11-27-13-18-14(6-5-9-23-18)10-24(15)29(25,26)19-16(21)7-4-8-17(19)22/h4-9,15H,10-13H2,1-3H3/t15-/m0/s1. The molecule has 1 atom stereocenters. The lowest BCUT2D eigenvalue weighted by Gasteiger charge is -2.34. The van der Waals surface area contributed by atoms with Crippen molar-refractivity contribution in [3.05, 3.63) is 59.4 Å². The Hall–Kier alpha value is -1.94. The number of pyridine rings is 1. The summed E-state index contributed by atoms with van der Waals surface area (Å²) in [6, 6.07) is 5.60. The van der Waals surface area contributed by atoms with Gasteiger partial charge in [0.05, 0.1) is 37.2 Å². The molecule has 29 heavy (non-hydrogen) atoms. The van der Waals surface area contributed by atoms with Crippen LogP contribution in [0.3, 0.4) is 0 Å². The van der Waals surface area contributed by atoms with Crippen molar-refractivity contribution in [2.75, 3.05) is 13.2 Å². The van der Waals surface area contributed by atoms with Crippen LogP contribution in [0.1, 0.15) is 32.0 Å². The average Bonchev–Trinajstić information content (AvgIpc) is 2.60. The Labute approximate surface area is 169 Å². The quantitative estimate of drug-likeness (QED) is 0.751. The first-order valence-corrected chi connectivity index (χ1v) is 10.6. The minimum Gasteiger partial charge on any atom is -0.374 e. The smallest absolute Gasteiger partial charge is 0.249 e. The van der Waals surface area contributed by atoms with Crippen LogP contribution in [0.15, 0.2) is 41.4 Å². The van der Waals surface area contributed by atoms with E-state index in [4.69, 9.17) is 9.47 Å². The number of benzene rings is 1. The maximum Gasteiger partial charge on any atom is 0.249 e. The molecule has 1 aromatic carbocycles. The molecule has 0 unspecified atom stereocenters. The van der Waals surface area contributed by atoms with E-state index in [-0.39, 0.29) is 26.4 Å². The highest BCUT2D eigenvalue weighted by Crippen LogP contribution is 2.28. The SMILES string of the molecule is CC(C)(C)OC[C@@H]1COCc2ncccc2CN1S(=O)(=O)c1c(F)cccc1F. The lowest BCUT2D eigenvalue weighted by molar-refractivity contribution is -0.0463. The Bertz CT molecular complexity index is 956. The highest BCUT2D eigenvalue weighted by molar-refractivity contribution is 7.89. The van der Waals surface area contributed by atoms with Crippen LogP contribution in [0.4, 0.5) is 8.78 Å². The van der Waals surface area contributed by atoms with Crippen LogP contribution in [0, 0.1) is 11.6 Å². The fourth-order valence-corrected chi connectivity index (χ4v) is 4.71.